The van der Waals surface area contributed by atoms with Crippen molar-refractivity contribution in [1.29, 1.82) is 0 Å². The highest BCUT2D eigenvalue weighted by Crippen LogP contribution is 2.06. The molecule has 10 heavy (non-hydrogen) atoms. The number of rotatable bonds is 1. The molecule has 0 aromatic heterocycles. The molecule has 0 radical (unpaired) electrons. The van der Waals surface area contributed by atoms with Gasteiger partial charge < -0.3 is 5.73 Å². The second-order valence-electron chi connectivity index (χ2n) is 1.91. The number of amides is 1. The summed E-state index contributed by atoms with van der Waals surface area (Å²) in [7, 11) is 0. The normalized spacial score (nSPS) is 9.30. The third kappa shape index (κ3) is 1.51. The number of hydrogen-bond acceptors (Lipinski definition) is 2. The molecule has 0 heterocycles. The van der Waals surface area contributed by atoms with Crippen LogP contribution in [0, 0.1) is 0 Å². The molecule has 0 saturated heterocycles. The van der Waals surface area contributed by atoms with Gasteiger partial charge in [-0.2, -0.15) is 0 Å². The summed E-state index contributed by atoms with van der Waals surface area (Å²) in [6.07, 6.45) is 0. The minimum atomic E-state index is -0.409. The molecule has 2 N–H and O–H groups in total. The predicted octanol–water partition coefficient (Wildman–Crippen LogP) is 1.07. The molecule has 1 rings (SSSR count). The fourth-order valence-corrected chi connectivity index (χ4v) is 0.775. The molecular formula is C7H7NOS. The zero-order chi connectivity index (χ0) is 7.56. The van der Waals surface area contributed by atoms with E-state index in [0.717, 1.165) is 4.90 Å². The van der Waals surface area contributed by atoms with Gasteiger partial charge in [0.05, 0.1) is 0 Å². The highest BCUT2D eigenvalue weighted by atomic mass is 32.1. The lowest BCUT2D eigenvalue weighted by molar-refractivity contribution is 0.100. The Hall–Kier alpha value is -0.960. The molecule has 1 aromatic rings. The summed E-state index contributed by atoms with van der Waals surface area (Å²) < 4.78 is 0. The van der Waals surface area contributed by atoms with Crippen molar-refractivity contribution >= 4 is 18.5 Å². The first-order chi connectivity index (χ1) is 4.70. The van der Waals surface area contributed by atoms with Crippen molar-refractivity contribution in [1.82, 2.24) is 0 Å². The third-order valence-electron chi connectivity index (χ3n) is 1.15. The van der Waals surface area contributed by atoms with Gasteiger partial charge in [-0.25, -0.2) is 0 Å². The van der Waals surface area contributed by atoms with Crippen molar-refractivity contribution in [3.8, 4) is 0 Å². The van der Waals surface area contributed by atoms with Gasteiger partial charge in [0.2, 0.25) is 5.91 Å². The molecule has 0 aliphatic carbocycles. The molecule has 0 bridgehead atoms. The number of benzene rings is 1. The van der Waals surface area contributed by atoms with Gasteiger partial charge in [-0.1, -0.05) is 0 Å². The summed E-state index contributed by atoms with van der Waals surface area (Å²) in [4.78, 5) is 11.3. The molecule has 1 aromatic carbocycles. The van der Waals surface area contributed by atoms with Gasteiger partial charge in [0.15, 0.2) is 0 Å². The molecule has 2 nitrogen and oxygen atoms in total. The van der Waals surface area contributed by atoms with Gasteiger partial charge in [-0.3, -0.25) is 4.79 Å². The fourth-order valence-electron chi connectivity index (χ4n) is 0.626. The highest BCUT2D eigenvalue weighted by Gasteiger charge is 1.96. The van der Waals surface area contributed by atoms with Crippen molar-refractivity contribution in [2.45, 2.75) is 4.90 Å². The van der Waals surface area contributed by atoms with E-state index in [2.05, 4.69) is 12.6 Å². The number of carbonyl (C=O) groups is 1. The zero-order valence-corrected chi connectivity index (χ0v) is 6.14. The number of nitrogens with two attached hydrogens (primary N) is 1. The Morgan fingerprint density at radius 2 is 1.80 bits per heavy atom. The van der Waals surface area contributed by atoms with Crippen LogP contribution in [0.2, 0.25) is 0 Å². The molecule has 52 valence electrons. The molecule has 0 unspecified atom stereocenters. The molecule has 0 spiro atoms. The molecule has 0 saturated carbocycles. The smallest absolute Gasteiger partial charge is 0.248 e. The molecule has 0 aliphatic rings. The quantitative estimate of drug-likeness (QED) is 0.582. The van der Waals surface area contributed by atoms with Crippen LogP contribution in [-0.4, -0.2) is 5.91 Å². The van der Waals surface area contributed by atoms with Crippen LogP contribution < -0.4 is 5.73 Å². The topological polar surface area (TPSA) is 43.1 Å². The Labute approximate surface area is 64.5 Å². The fraction of sp³-hybridized carbons (Fsp3) is 0. The first-order valence-electron chi connectivity index (χ1n) is 2.79. The van der Waals surface area contributed by atoms with E-state index in [1.54, 1.807) is 24.3 Å². The first-order valence-corrected chi connectivity index (χ1v) is 3.23. The summed E-state index contributed by atoms with van der Waals surface area (Å²) in [6, 6.07) is 6.74. The van der Waals surface area contributed by atoms with E-state index in [0.29, 0.717) is 5.56 Å². The molecule has 0 aliphatic heterocycles. The van der Waals surface area contributed by atoms with E-state index in [4.69, 9.17) is 5.73 Å². The molecule has 0 atom stereocenters. The molecule has 3 heteroatoms. The summed E-state index contributed by atoms with van der Waals surface area (Å²) in [5.41, 5.74) is 5.51. The minimum absolute atomic E-state index is 0.409. The van der Waals surface area contributed by atoms with Crippen molar-refractivity contribution in [3.05, 3.63) is 29.8 Å². The van der Waals surface area contributed by atoms with Gasteiger partial charge in [-0.15, -0.1) is 12.6 Å². The first kappa shape index (κ1) is 7.15. The van der Waals surface area contributed by atoms with E-state index >= 15 is 0 Å². The second-order valence-corrected chi connectivity index (χ2v) is 2.43. The molecular weight excluding hydrogens is 146 g/mol. The van der Waals surface area contributed by atoms with Crippen molar-refractivity contribution in [2.24, 2.45) is 5.73 Å². The van der Waals surface area contributed by atoms with E-state index in [1.807, 2.05) is 0 Å². The predicted molar refractivity (Wildman–Crippen MR) is 42.2 cm³/mol. The van der Waals surface area contributed by atoms with Crippen LogP contribution in [0.25, 0.3) is 0 Å². The van der Waals surface area contributed by atoms with Crippen LogP contribution in [0.3, 0.4) is 0 Å². The Morgan fingerprint density at radius 1 is 1.30 bits per heavy atom. The lowest BCUT2D eigenvalue weighted by Gasteiger charge is -1.93. The van der Waals surface area contributed by atoms with Crippen LogP contribution in [0.15, 0.2) is 29.2 Å². The van der Waals surface area contributed by atoms with Crippen LogP contribution in [0.1, 0.15) is 10.4 Å². The van der Waals surface area contributed by atoms with Gasteiger partial charge >= 0.3 is 0 Å². The Morgan fingerprint density at radius 3 is 2.20 bits per heavy atom. The Kier molecular flexibility index (Phi) is 1.97. The van der Waals surface area contributed by atoms with Crippen LogP contribution in [0.5, 0.6) is 0 Å². The van der Waals surface area contributed by atoms with Crippen molar-refractivity contribution < 1.29 is 4.79 Å². The average Bonchev–Trinajstić information content (AvgIpc) is 1.88. The summed E-state index contributed by atoms with van der Waals surface area (Å²) >= 11 is 4.05. The third-order valence-corrected chi connectivity index (χ3v) is 1.45. The maximum absolute atomic E-state index is 10.5. The summed E-state index contributed by atoms with van der Waals surface area (Å²) in [5.74, 6) is -0.409. The zero-order valence-electron chi connectivity index (χ0n) is 5.24. The minimum Gasteiger partial charge on any atom is -0.366 e. The van der Waals surface area contributed by atoms with Gasteiger partial charge in [-0.05, 0) is 24.3 Å². The van der Waals surface area contributed by atoms with Crippen LogP contribution in [0.4, 0.5) is 0 Å². The lowest BCUT2D eigenvalue weighted by Crippen LogP contribution is -2.10. The highest BCUT2D eigenvalue weighted by molar-refractivity contribution is 7.80. The monoisotopic (exact) mass is 153 g/mol. The standard InChI is InChI=1S/C7H7NOS/c8-7(9)5-1-3-6(10)4-2-5/h1-4,10H,(H2,8,9). The largest absolute Gasteiger partial charge is 0.366 e. The van der Waals surface area contributed by atoms with Crippen LogP contribution >= 0.6 is 12.6 Å². The van der Waals surface area contributed by atoms with E-state index in [-0.39, 0.29) is 0 Å². The van der Waals surface area contributed by atoms with Crippen molar-refractivity contribution in [3.63, 3.8) is 0 Å². The van der Waals surface area contributed by atoms with Gasteiger partial charge in [0.1, 0.15) is 0 Å². The number of thiol groups is 1. The molecule has 1 amide bonds. The number of carbonyl (C=O) groups excluding carboxylic acids is 1. The second kappa shape index (κ2) is 2.75. The van der Waals surface area contributed by atoms with Crippen molar-refractivity contribution in [2.75, 3.05) is 0 Å². The summed E-state index contributed by atoms with van der Waals surface area (Å²) in [5, 5.41) is 0. The summed E-state index contributed by atoms with van der Waals surface area (Å²) in [6.45, 7) is 0. The Balaban J connectivity index is 3.00. The van der Waals surface area contributed by atoms with E-state index in [1.165, 1.54) is 0 Å². The van der Waals surface area contributed by atoms with E-state index < -0.39 is 5.91 Å². The van der Waals surface area contributed by atoms with Gasteiger partial charge in [0, 0.05) is 10.5 Å². The van der Waals surface area contributed by atoms with Crippen LogP contribution in [-0.2, 0) is 0 Å². The maximum atomic E-state index is 10.5. The molecule has 0 fully saturated rings. The van der Waals surface area contributed by atoms with E-state index in [9.17, 15) is 4.79 Å². The average molecular weight is 153 g/mol. The lowest BCUT2D eigenvalue weighted by atomic mass is 10.2. The maximum Gasteiger partial charge on any atom is 0.248 e. The van der Waals surface area contributed by atoms with Gasteiger partial charge in [0.25, 0.3) is 0 Å². The number of hydrogen-bond donors (Lipinski definition) is 2. The SMILES string of the molecule is NC(=O)c1ccc(S)cc1. The Bertz CT molecular complexity index is 242. The number of primary amides is 1.